The third-order valence-electron chi connectivity index (χ3n) is 1.75. The molecule has 132 valence electrons. The predicted molar refractivity (Wildman–Crippen MR) is 63.9 cm³/mol. The molecule has 0 aliphatic heterocycles. The molecule has 0 bridgehead atoms. The van der Waals surface area contributed by atoms with Crippen LogP contribution in [0.3, 0.4) is 0 Å². The van der Waals surface area contributed by atoms with E-state index in [0.29, 0.717) is 0 Å². The number of aldehydes is 1. The van der Waals surface area contributed by atoms with Gasteiger partial charge in [-0.3, -0.25) is 9.05 Å². The van der Waals surface area contributed by atoms with E-state index in [1.165, 1.54) is 0 Å². The lowest BCUT2D eigenvalue weighted by Gasteiger charge is -2.27. The van der Waals surface area contributed by atoms with Crippen molar-refractivity contribution in [3.63, 3.8) is 0 Å². The molecule has 0 saturated carbocycles. The normalized spacial score (nSPS) is 20.0. The minimum atomic E-state index is -5.58. The van der Waals surface area contributed by atoms with Crippen molar-refractivity contribution in [1.82, 2.24) is 0 Å². The predicted octanol–water partition coefficient (Wildman–Crippen LogP) is -2.39. The summed E-state index contributed by atoms with van der Waals surface area (Å²) in [6.07, 6.45) is -7.29. The Morgan fingerprint density at radius 1 is 0.955 bits per heavy atom. The van der Waals surface area contributed by atoms with E-state index in [1.54, 1.807) is 0 Å². The van der Waals surface area contributed by atoms with Crippen molar-refractivity contribution in [1.29, 1.82) is 0 Å². The van der Waals surface area contributed by atoms with Crippen LogP contribution in [0.2, 0.25) is 0 Å². The smallest absolute Gasteiger partial charge is 0.394 e. The summed E-state index contributed by atoms with van der Waals surface area (Å²) in [7, 11) is -16.4. The van der Waals surface area contributed by atoms with E-state index in [2.05, 4.69) is 13.4 Å². The Kier molecular flexibility index (Phi) is 8.16. The van der Waals surface area contributed by atoms with Gasteiger partial charge in [-0.2, -0.15) is 4.31 Å². The molecule has 0 aliphatic rings. The first kappa shape index (κ1) is 22.0. The molecule has 14 nitrogen and oxygen atoms in total. The van der Waals surface area contributed by atoms with Gasteiger partial charge in [-0.25, -0.2) is 13.7 Å². The Morgan fingerprint density at radius 2 is 1.45 bits per heavy atom. The Balaban J connectivity index is 5.32. The zero-order valence-corrected chi connectivity index (χ0v) is 13.0. The highest BCUT2D eigenvalue weighted by Gasteiger charge is 2.42. The molecule has 0 aromatic heterocycles. The summed E-state index contributed by atoms with van der Waals surface area (Å²) in [5, 5.41) is 18.0. The number of phosphoric ester groups is 2. The van der Waals surface area contributed by atoms with E-state index in [-0.39, 0.29) is 6.29 Å². The molecule has 0 aromatic carbocycles. The minimum absolute atomic E-state index is 0.370. The van der Waals surface area contributed by atoms with E-state index in [4.69, 9.17) is 29.6 Å². The maximum atomic E-state index is 11.2. The van der Waals surface area contributed by atoms with E-state index in [9.17, 15) is 23.6 Å². The number of carbonyl (C=O) groups is 1. The Labute approximate surface area is 122 Å². The first-order valence-electron chi connectivity index (χ1n) is 4.97. The highest BCUT2D eigenvalue weighted by Crippen LogP contribution is 2.58. The van der Waals surface area contributed by atoms with Crippen LogP contribution in [0.1, 0.15) is 0 Å². The number of carbonyl (C=O) groups excluding carboxylic acids is 1. The van der Waals surface area contributed by atoms with E-state index in [0.717, 1.165) is 0 Å². The number of hydrogen-bond donors (Lipinski definition) is 7. The lowest BCUT2D eigenvalue weighted by molar-refractivity contribution is -0.125. The van der Waals surface area contributed by atoms with Gasteiger partial charge in [0.05, 0.1) is 6.61 Å². The van der Waals surface area contributed by atoms with Gasteiger partial charge in [-0.15, -0.1) is 0 Å². The van der Waals surface area contributed by atoms with Gasteiger partial charge in [0.1, 0.15) is 12.2 Å². The van der Waals surface area contributed by atoms with Crippen LogP contribution in [0, 0.1) is 0 Å². The number of phosphoric acid groups is 3. The van der Waals surface area contributed by atoms with Crippen molar-refractivity contribution in [3.8, 4) is 0 Å². The van der Waals surface area contributed by atoms with Crippen LogP contribution >= 0.6 is 23.5 Å². The van der Waals surface area contributed by atoms with Gasteiger partial charge in [-0.05, 0) is 0 Å². The third-order valence-corrected chi connectivity index (χ3v) is 4.45. The molecule has 22 heavy (non-hydrogen) atoms. The van der Waals surface area contributed by atoms with Crippen molar-refractivity contribution in [3.05, 3.63) is 0 Å². The summed E-state index contributed by atoms with van der Waals surface area (Å²) < 4.78 is 43.7. The van der Waals surface area contributed by atoms with Gasteiger partial charge in [0.2, 0.25) is 0 Å². The molecule has 0 aromatic rings. The molecule has 7 N–H and O–H groups in total. The van der Waals surface area contributed by atoms with E-state index < -0.39 is 48.4 Å². The monoisotopic (exact) mass is 390 g/mol. The van der Waals surface area contributed by atoms with Crippen LogP contribution in [-0.2, 0) is 31.8 Å². The Morgan fingerprint density at radius 3 is 1.77 bits per heavy atom. The highest BCUT2D eigenvalue weighted by molar-refractivity contribution is 7.60. The summed E-state index contributed by atoms with van der Waals surface area (Å²) in [4.78, 5) is 53.7. The fourth-order valence-electron chi connectivity index (χ4n) is 1.08. The second kappa shape index (κ2) is 8.18. The number of hydrogen-bond acceptors (Lipinski definition) is 9. The van der Waals surface area contributed by atoms with Crippen molar-refractivity contribution in [2.24, 2.45) is 0 Å². The van der Waals surface area contributed by atoms with Gasteiger partial charge < -0.3 is 39.5 Å². The summed E-state index contributed by atoms with van der Waals surface area (Å²) in [5.41, 5.74) is 0. The zero-order chi connectivity index (χ0) is 17.8. The molecule has 0 saturated heterocycles. The van der Waals surface area contributed by atoms with Crippen LogP contribution in [0.15, 0.2) is 0 Å². The Bertz CT molecular complexity index is 505. The molecule has 4 atom stereocenters. The van der Waals surface area contributed by atoms with Crippen molar-refractivity contribution < 1.29 is 66.5 Å². The Hall–Kier alpha value is -0.0400. The first-order valence-corrected chi connectivity index (χ1v) is 9.52. The van der Waals surface area contributed by atoms with E-state index in [1.807, 2.05) is 0 Å². The molecule has 0 aliphatic carbocycles. The molecular weight excluding hydrogens is 377 g/mol. The topological polar surface area (TPSA) is 238 Å². The van der Waals surface area contributed by atoms with Gasteiger partial charge in [-0.1, -0.05) is 0 Å². The molecule has 0 radical (unpaired) electrons. The van der Waals surface area contributed by atoms with Crippen molar-refractivity contribution in [2.75, 3.05) is 6.61 Å². The quantitative estimate of drug-likeness (QED) is 0.152. The number of aliphatic hydroxyl groups excluding tert-OH is 2. The highest BCUT2D eigenvalue weighted by atomic mass is 31.3. The molecule has 0 heterocycles. The lowest BCUT2D eigenvalue weighted by Crippen LogP contribution is -2.43. The van der Waals surface area contributed by atoms with Crippen molar-refractivity contribution >= 4 is 29.8 Å². The molecule has 1 unspecified atom stereocenters. The molecule has 0 amide bonds. The maximum absolute atomic E-state index is 11.2. The van der Waals surface area contributed by atoms with Crippen LogP contribution in [0.5, 0.6) is 0 Å². The molecule has 0 spiro atoms. The van der Waals surface area contributed by atoms with Crippen LogP contribution in [0.25, 0.3) is 0 Å². The number of aliphatic hydroxyl groups is 2. The largest absolute Gasteiger partial charge is 0.481 e. The summed E-state index contributed by atoms with van der Waals surface area (Å²) in [5.74, 6) is 0. The van der Waals surface area contributed by atoms with Gasteiger partial charge in [0.25, 0.3) is 0 Å². The third kappa shape index (κ3) is 9.18. The molecular formula is C5H13O14P3. The van der Waals surface area contributed by atoms with Crippen molar-refractivity contribution in [2.45, 2.75) is 18.3 Å². The molecule has 0 fully saturated rings. The standard InChI is InChI=1S/C5H13O14P3/c6-1-3(8)5(18-20(9,10)11)4(2-7)17-22(15,16)19-21(12,13)14/h2-6,8H,1H2,(H,15,16)(H2,9,10,11)(H2,12,13,14)/t3-,4+,5-/m1/s1. The van der Waals surface area contributed by atoms with Gasteiger partial charge in [0.15, 0.2) is 12.4 Å². The maximum Gasteiger partial charge on any atom is 0.481 e. The second-order valence-corrected chi connectivity index (χ2v) is 7.53. The molecule has 0 rings (SSSR count). The first-order chi connectivity index (χ1) is 9.71. The van der Waals surface area contributed by atoms with Crippen LogP contribution < -0.4 is 0 Å². The van der Waals surface area contributed by atoms with E-state index >= 15 is 0 Å². The lowest BCUT2D eigenvalue weighted by atomic mass is 10.1. The SMILES string of the molecule is O=C[C@H](OP(=O)(O)OP(=O)(O)O)[C@H](OP(=O)(O)O)[C@H](O)CO. The van der Waals surface area contributed by atoms with Crippen LogP contribution in [0.4, 0.5) is 0 Å². The fraction of sp³-hybridized carbons (Fsp3) is 0.800. The van der Waals surface area contributed by atoms with Crippen LogP contribution in [-0.4, -0.2) is 65.9 Å². The summed E-state index contributed by atoms with van der Waals surface area (Å²) in [6, 6.07) is 0. The number of rotatable bonds is 10. The fourth-order valence-corrected chi connectivity index (χ4v) is 3.37. The molecule has 17 heteroatoms. The summed E-state index contributed by atoms with van der Waals surface area (Å²) >= 11 is 0. The second-order valence-electron chi connectivity index (χ2n) is 3.56. The zero-order valence-electron chi connectivity index (χ0n) is 10.3. The minimum Gasteiger partial charge on any atom is -0.394 e. The summed E-state index contributed by atoms with van der Waals surface area (Å²) in [6.45, 7) is -1.20. The van der Waals surface area contributed by atoms with Gasteiger partial charge in [0, 0.05) is 0 Å². The average Bonchev–Trinajstić information content (AvgIpc) is 2.28. The average molecular weight is 390 g/mol. The van der Waals surface area contributed by atoms with Gasteiger partial charge >= 0.3 is 23.5 Å².